The molecule has 0 aliphatic carbocycles. The smallest absolute Gasteiger partial charge is 0.243 e. The molecule has 1 aliphatic rings. The van der Waals surface area contributed by atoms with Crippen LogP contribution in [0.15, 0.2) is 70.8 Å². The fourth-order valence-electron chi connectivity index (χ4n) is 3.38. The zero-order valence-electron chi connectivity index (χ0n) is 17.1. The van der Waals surface area contributed by atoms with E-state index in [9.17, 15) is 17.6 Å². The molecule has 0 atom stereocenters. The highest BCUT2D eigenvalue weighted by Gasteiger charge is 2.30. The van der Waals surface area contributed by atoms with Gasteiger partial charge in [-0.25, -0.2) is 22.5 Å². The highest BCUT2D eigenvalue weighted by molar-refractivity contribution is 7.99. The summed E-state index contributed by atoms with van der Waals surface area (Å²) in [6, 6.07) is 14.3. The third-order valence-corrected chi connectivity index (χ3v) is 8.00. The first-order valence-corrected chi connectivity index (χ1v) is 12.3. The topological polar surface area (TPSA) is 102 Å². The van der Waals surface area contributed by atoms with Gasteiger partial charge < -0.3 is 10.7 Å². The van der Waals surface area contributed by atoms with Crippen LogP contribution in [0.3, 0.4) is 0 Å². The molecule has 0 saturated carbocycles. The Morgan fingerprint density at radius 1 is 1.03 bits per heavy atom. The average molecular weight is 476 g/mol. The summed E-state index contributed by atoms with van der Waals surface area (Å²) in [7, 11) is -3.72. The SMILES string of the molecule is Nn1cc(-c2ccccc2)nc1SCC(=O)N1CCN(S(=O)(=O)c2ccc(F)cc2)CC1. The highest BCUT2D eigenvalue weighted by Crippen LogP contribution is 2.23. The van der Waals surface area contributed by atoms with Gasteiger partial charge in [0.1, 0.15) is 5.82 Å². The van der Waals surface area contributed by atoms with Crippen molar-refractivity contribution >= 4 is 27.7 Å². The summed E-state index contributed by atoms with van der Waals surface area (Å²) in [5, 5.41) is 0.523. The lowest BCUT2D eigenvalue weighted by atomic mass is 10.2. The number of aromatic nitrogens is 2. The summed E-state index contributed by atoms with van der Waals surface area (Å²) < 4.78 is 41.2. The van der Waals surface area contributed by atoms with Crippen LogP contribution in [0.25, 0.3) is 11.3 Å². The molecule has 168 valence electrons. The van der Waals surface area contributed by atoms with E-state index in [1.165, 1.54) is 32.9 Å². The van der Waals surface area contributed by atoms with E-state index in [2.05, 4.69) is 4.98 Å². The van der Waals surface area contributed by atoms with Crippen LogP contribution >= 0.6 is 11.8 Å². The fraction of sp³-hybridized carbons (Fsp3) is 0.238. The molecule has 1 aliphatic heterocycles. The second kappa shape index (κ2) is 9.31. The van der Waals surface area contributed by atoms with E-state index in [-0.39, 0.29) is 42.7 Å². The van der Waals surface area contributed by atoms with Gasteiger partial charge in [-0.2, -0.15) is 4.31 Å². The fourth-order valence-corrected chi connectivity index (χ4v) is 5.60. The first-order valence-electron chi connectivity index (χ1n) is 9.91. The van der Waals surface area contributed by atoms with Crippen LogP contribution in [0.1, 0.15) is 0 Å². The Labute approximate surface area is 189 Å². The maximum Gasteiger partial charge on any atom is 0.243 e. The number of carbonyl (C=O) groups excluding carboxylic acids is 1. The van der Waals surface area contributed by atoms with Crippen LogP contribution in [0.4, 0.5) is 4.39 Å². The lowest BCUT2D eigenvalue weighted by Gasteiger charge is -2.34. The normalized spacial score (nSPS) is 15.1. The van der Waals surface area contributed by atoms with Crippen LogP contribution in [0.5, 0.6) is 0 Å². The third kappa shape index (κ3) is 4.79. The molecule has 1 saturated heterocycles. The van der Waals surface area contributed by atoms with Crippen molar-refractivity contribution in [3.63, 3.8) is 0 Å². The summed E-state index contributed by atoms with van der Waals surface area (Å²) >= 11 is 1.24. The third-order valence-electron chi connectivity index (χ3n) is 5.14. The maximum atomic E-state index is 13.1. The zero-order valence-corrected chi connectivity index (χ0v) is 18.7. The Morgan fingerprint density at radius 3 is 2.34 bits per heavy atom. The number of rotatable bonds is 6. The van der Waals surface area contributed by atoms with E-state index < -0.39 is 15.8 Å². The number of carbonyl (C=O) groups is 1. The summed E-state index contributed by atoms with van der Waals surface area (Å²) in [5.74, 6) is 5.52. The van der Waals surface area contributed by atoms with Gasteiger partial charge in [-0.15, -0.1) is 0 Å². The van der Waals surface area contributed by atoms with Crippen LogP contribution in [0, 0.1) is 5.82 Å². The lowest BCUT2D eigenvalue weighted by molar-refractivity contribution is -0.129. The number of amides is 1. The second-order valence-electron chi connectivity index (χ2n) is 7.21. The number of nitrogens with two attached hydrogens (primary N) is 1. The number of nitrogen functional groups attached to an aromatic ring is 1. The van der Waals surface area contributed by atoms with Gasteiger partial charge in [-0.3, -0.25) is 4.79 Å². The number of hydrogen-bond acceptors (Lipinski definition) is 6. The Bertz CT molecular complexity index is 1190. The standard InChI is InChI=1S/C21H22FN5O3S2/c22-17-6-8-18(9-7-17)32(29,30)26-12-10-25(11-13-26)20(28)15-31-21-24-19(14-27(21)23)16-4-2-1-3-5-16/h1-9,14H,10-13,15,23H2. The van der Waals surface area contributed by atoms with Crippen molar-refractivity contribution in [1.29, 1.82) is 0 Å². The number of imidazole rings is 1. The minimum atomic E-state index is -3.72. The Hall–Kier alpha value is -2.89. The second-order valence-corrected chi connectivity index (χ2v) is 10.1. The van der Waals surface area contributed by atoms with Crippen LogP contribution in [-0.4, -0.2) is 65.1 Å². The quantitative estimate of drug-likeness (QED) is 0.432. The first-order chi connectivity index (χ1) is 15.3. The minimum absolute atomic E-state index is 0.0400. The van der Waals surface area contributed by atoms with Gasteiger partial charge in [-0.05, 0) is 24.3 Å². The van der Waals surface area contributed by atoms with Gasteiger partial charge >= 0.3 is 0 Å². The summed E-state index contributed by atoms with van der Waals surface area (Å²) in [6.07, 6.45) is 1.71. The molecular formula is C21H22FN5O3S2. The zero-order chi connectivity index (χ0) is 22.7. The molecule has 11 heteroatoms. The van der Waals surface area contributed by atoms with Crippen molar-refractivity contribution in [3.8, 4) is 11.3 Å². The van der Waals surface area contributed by atoms with E-state index in [1.54, 1.807) is 11.1 Å². The van der Waals surface area contributed by atoms with Crippen molar-refractivity contribution in [2.24, 2.45) is 0 Å². The van der Waals surface area contributed by atoms with Gasteiger partial charge in [0.2, 0.25) is 15.9 Å². The Morgan fingerprint density at radius 2 is 1.69 bits per heavy atom. The molecule has 1 amide bonds. The summed E-state index contributed by atoms with van der Waals surface area (Å²) in [6.45, 7) is 0.928. The van der Waals surface area contributed by atoms with Crippen molar-refractivity contribution in [3.05, 3.63) is 66.6 Å². The molecule has 0 radical (unpaired) electrons. The molecule has 4 rings (SSSR count). The van der Waals surface area contributed by atoms with Crippen LogP contribution in [-0.2, 0) is 14.8 Å². The predicted octanol–water partition coefficient (Wildman–Crippen LogP) is 2.03. The van der Waals surface area contributed by atoms with E-state index >= 15 is 0 Å². The number of halogens is 1. The lowest BCUT2D eigenvalue weighted by Crippen LogP contribution is -2.51. The van der Waals surface area contributed by atoms with Crippen molar-refractivity contribution in [1.82, 2.24) is 18.9 Å². The van der Waals surface area contributed by atoms with E-state index in [1.807, 2.05) is 30.3 Å². The molecule has 2 N–H and O–H groups in total. The van der Waals surface area contributed by atoms with Crippen molar-refractivity contribution < 1.29 is 17.6 Å². The van der Waals surface area contributed by atoms with Gasteiger partial charge in [0.05, 0.1) is 22.5 Å². The predicted molar refractivity (Wildman–Crippen MR) is 120 cm³/mol. The number of piperazine rings is 1. The largest absolute Gasteiger partial charge is 0.339 e. The number of nitrogens with zero attached hydrogens (tertiary/aromatic N) is 4. The molecule has 8 nitrogen and oxygen atoms in total. The molecule has 1 fully saturated rings. The molecule has 3 aromatic rings. The number of thioether (sulfide) groups is 1. The Kier molecular flexibility index (Phi) is 6.49. The maximum absolute atomic E-state index is 13.1. The van der Waals surface area contributed by atoms with Crippen LogP contribution in [0.2, 0.25) is 0 Å². The van der Waals surface area contributed by atoms with E-state index in [4.69, 9.17) is 5.84 Å². The number of sulfonamides is 1. The van der Waals surface area contributed by atoms with E-state index in [0.29, 0.717) is 5.16 Å². The molecule has 2 heterocycles. The Balaban J connectivity index is 1.32. The summed E-state index contributed by atoms with van der Waals surface area (Å²) in [4.78, 5) is 18.8. The summed E-state index contributed by atoms with van der Waals surface area (Å²) in [5.41, 5.74) is 1.66. The number of hydrogen-bond donors (Lipinski definition) is 1. The average Bonchev–Trinajstić information content (AvgIpc) is 3.19. The highest BCUT2D eigenvalue weighted by atomic mass is 32.2. The number of benzene rings is 2. The molecule has 0 spiro atoms. The van der Waals surface area contributed by atoms with Crippen molar-refractivity contribution in [2.45, 2.75) is 10.1 Å². The van der Waals surface area contributed by atoms with Crippen molar-refractivity contribution in [2.75, 3.05) is 37.8 Å². The minimum Gasteiger partial charge on any atom is -0.339 e. The molecule has 0 bridgehead atoms. The monoisotopic (exact) mass is 475 g/mol. The van der Waals surface area contributed by atoms with Gasteiger partial charge in [-0.1, -0.05) is 42.1 Å². The molecular weight excluding hydrogens is 453 g/mol. The molecule has 32 heavy (non-hydrogen) atoms. The first kappa shape index (κ1) is 22.3. The van der Waals surface area contributed by atoms with E-state index in [0.717, 1.165) is 23.4 Å². The molecule has 1 aromatic heterocycles. The molecule has 0 unspecified atom stereocenters. The van der Waals surface area contributed by atoms with Gasteiger partial charge in [0, 0.05) is 31.7 Å². The molecule has 2 aromatic carbocycles. The van der Waals surface area contributed by atoms with Crippen LogP contribution < -0.4 is 5.84 Å². The van der Waals surface area contributed by atoms with Gasteiger partial charge in [0.25, 0.3) is 0 Å². The van der Waals surface area contributed by atoms with Gasteiger partial charge in [0.15, 0.2) is 5.16 Å².